The molecule has 0 unspecified atom stereocenters. The van der Waals surface area contributed by atoms with E-state index >= 15 is 0 Å². The third-order valence-electron chi connectivity index (χ3n) is 2.17. The molecule has 0 radical (unpaired) electrons. The Morgan fingerprint density at radius 3 is 2.58 bits per heavy atom. The summed E-state index contributed by atoms with van der Waals surface area (Å²) >= 11 is 0. The Labute approximate surface area is 107 Å². The van der Waals surface area contributed by atoms with E-state index in [0.29, 0.717) is 13.0 Å². The van der Waals surface area contributed by atoms with Gasteiger partial charge in [-0.3, -0.25) is 0 Å². The molecule has 0 saturated heterocycles. The fourth-order valence-electron chi connectivity index (χ4n) is 1.32. The fourth-order valence-corrected chi connectivity index (χ4v) is 1.32. The summed E-state index contributed by atoms with van der Waals surface area (Å²) in [6.45, 7) is 0.489. The Morgan fingerprint density at radius 1 is 1.37 bits per heavy atom. The number of hydrogen-bond donors (Lipinski definition) is 3. The quantitative estimate of drug-likeness (QED) is 0.718. The number of hydrogen-bond acceptors (Lipinski definition) is 3. The van der Waals surface area contributed by atoms with Gasteiger partial charge in [0.25, 0.3) is 0 Å². The third kappa shape index (κ3) is 4.66. The Kier molecular flexibility index (Phi) is 4.99. The van der Waals surface area contributed by atoms with Crippen molar-refractivity contribution >= 4 is 11.7 Å². The summed E-state index contributed by atoms with van der Waals surface area (Å²) in [7, 11) is 0. The molecule has 0 bridgehead atoms. The molecule has 2 amide bonds. The average Bonchev–Trinajstić information content (AvgIpc) is 2.29. The van der Waals surface area contributed by atoms with Gasteiger partial charge in [-0.05, 0) is 31.2 Å². The van der Waals surface area contributed by atoms with Gasteiger partial charge in [0.05, 0.1) is 17.9 Å². The number of carbonyl (C=O) groups is 1. The van der Waals surface area contributed by atoms with Crippen LogP contribution in [0.15, 0.2) is 18.2 Å². The lowest BCUT2D eigenvalue weighted by atomic mass is 10.2. The molecule has 1 rings (SSSR count). The molecule has 0 aliphatic carbocycles. The number of nitrogens with two attached hydrogens (primary N) is 2. The van der Waals surface area contributed by atoms with Crippen LogP contribution in [0, 0.1) is 0 Å². The highest BCUT2D eigenvalue weighted by Crippen LogP contribution is 2.35. The molecule has 1 aromatic rings. The summed E-state index contributed by atoms with van der Waals surface area (Å²) in [5, 5.41) is 2.19. The maximum Gasteiger partial charge on any atom is 0.416 e. The van der Waals surface area contributed by atoms with Gasteiger partial charge in [-0.15, -0.1) is 0 Å². The van der Waals surface area contributed by atoms with E-state index in [9.17, 15) is 18.0 Å². The number of anilines is 1. The highest BCUT2D eigenvalue weighted by molar-refractivity contribution is 5.89. The smallest absolute Gasteiger partial charge is 0.416 e. The minimum absolute atomic E-state index is 0.0810. The van der Waals surface area contributed by atoms with Crippen LogP contribution in [0.2, 0.25) is 0 Å². The zero-order chi connectivity index (χ0) is 14.5. The second kappa shape index (κ2) is 6.28. The van der Waals surface area contributed by atoms with Crippen molar-refractivity contribution < 1.29 is 22.7 Å². The number of benzene rings is 1. The van der Waals surface area contributed by atoms with Crippen LogP contribution in [0.4, 0.5) is 23.7 Å². The Morgan fingerprint density at radius 2 is 2.05 bits per heavy atom. The van der Waals surface area contributed by atoms with Crippen LogP contribution in [-0.4, -0.2) is 19.2 Å². The number of rotatable bonds is 5. The average molecular weight is 277 g/mol. The van der Waals surface area contributed by atoms with E-state index in [1.807, 2.05) is 0 Å². The predicted molar refractivity (Wildman–Crippen MR) is 63.8 cm³/mol. The van der Waals surface area contributed by atoms with Crippen molar-refractivity contribution in [3.8, 4) is 5.75 Å². The van der Waals surface area contributed by atoms with Crippen LogP contribution in [0.25, 0.3) is 0 Å². The largest absolute Gasteiger partial charge is 0.491 e. The van der Waals surface area contributed by atoms with E-state index in [1.165, 1.54) is 0 Å². The van der Waals surface area contributed by atoms with Crippen LogP contribution >= 0.6 is 0 Å². The highest BCUT2D eigenvalue weighted by Gasteiger charge is 2.31. The molecule has 0 aromatic heterocycles. The molecule has 19 heavy (non-hydrogen) atoms. The van der Waals surface area contributed by atoms with E-state index in [1.54, 1.807) is 0 Å². The minimum Gasteiger partial charge on any atom is -0.491 e. The molecular weight excluding hydrogens is 263 g/mol. The Bertz CT molecular complexity index is 449. The maximum atomic E-state index is 12.6. The first kappa shape index (κ1) is 15.1. The lowest BCUT2D eigenvalue weighted by Gasteiger charge is -2.14. The van der Waals surface area contributed by atoms with Crippen molar-refractivity contribution in [3.05, 3.63) is 23.8 Å². The molecule has 0 heterocycles. The second-order valence-corrected chi connectivity index (χ2v) is 3.69. The number of urea groups is 1. The summed E-state index contributed by atoms with van der Waals surface area (Å²) in [5.41, 5.74) is 9.40. The van der Waals surface area contributed by atoms with Gasteiger partial charge in [0.15, 0.2) is 0 Å². The summed E-state index contributed by atoms with van der Waals surface area (Å²) in [6.07, 6.45) is -4.01. The SMILES string of the molecule is NCCCOc1cc(C(F)(F)F)ccc1NC(N)=O. The minimum atomic E-state index is -4.49. The van der Waals surface area contributed by atoms with Gasteiger partial charge in [-0.2, -0.15) is 13.2 Å². The standard InChI is InChI=1S/C11H14F3N3O2/c12-11(13,14)7-2-3-8(17-10(16)18)9(6-7)19-5-1-4-15/h2-3,6H,1,4-5,15H2,(H3,16,17,18). The van der Waals surface area contributed by atoms with Crippen molar-refractivity contribution in [2.24, 2.45) is 11.5 Å². The molecule has 0 saturated carbocycles. The number of ether oxygens (including phenoxy) is 1. The predicted octanol–water partition coefficient (Wildman–Crippen LogP) is 1.92. The number of alkyl halides is 3. The van der Waals surface area contributed by atoms with Crippen LogP contribution in [0.5, 0.6) is 5.75 Å². The van der Waals surface area contributed by atoms with E-state index in [0.717, 1.165) is 18.2 Å². The summed E-state index contributed by atoms with van der Waals surface area (Å²) in [5.74, 6) is -0.0953. The highest BCUT2D eigenvalue weighted by atomic mass is 19.4. The molecular formula is C11H14F3N3O2. The van der Waals surface area contributed by atoms with Gasteiger partial charge in [0.2, 0.25) is 0 Å². The molecule has 106 valence electrons. The van der Waals surface area contributed by atoms with Gasteiger partial charge in [-0.1, -0.05) is 0 Å². The maximum absolute atomic E-state index is 12.6. The molecule has 5 N–H and O–H groups in total. The number of halogens is 3. The first-order valence-electron chi connectivity index (χ1n) is 5.45. The first-order valence-corrected chi connectivity index (χ1v) is 5.45. The van der Waals surface area contributed by atoms with Crippen LogP contribution in [-0.2, 0) is 6.18 Å². The van der Waals surface area contributed by atoms with Gasteiger partial charge in [0.1, 0.15) is 5.75 Å². The van der Waals surface area contributed by atoms with Crippen molar-refractivity contribution in [3.63, 3.8) is 0 Å². The summed E-state index contributed by atoms with van der Waals surface area (Å²) in [6, 6.07) is 1.84. The lowest BCUT2D eigenvalue weighted by Crippen LogP contribution is -2.20. The molecule has 1 aromatic carbocycles. The number of nitrogens with one attached hydrogen (secondary N) is 1. The third-order valence-corrected chi connectivity index (χ3v) is 2.17. The van der Waals surface area contributed by atoms with Gasteiger partial charge in [-0.25, -0.2) is 4.79 Å². The van der Waals surface area contributed by atoms with Crippen molar-refractivity contribution in [2.75, 3.05) is 18.5 Å². The van der Waals surface area contributed by atoms with E-state index in [4.69, 9.17) is 16.2 Å². The van der Waals surface area contributed by atoms with Crippen molar-refractivity contribution in [2.45, 2.75) is 12.6 Å². The van der Waals surface area contributed by atoms with E-state index in [2.05, 4.69) is 5.32 Å². The summed E-state index contributed by atoms with van der Waals surface area (Å²) < 4.78 is 42.9. The monoisotopic (exact) mass is 277 g/mol. The number of carbonyl (C=O) groups excluding carboxylic acids is 1. The van der Waals surface area contributed by atoms with Gasteiger partial charge >= 0.3 is 12.2 Å². The fraction of sp³-hybridized carbons (Fsp3) is 0.364. The van der Waals surface area contributed by atoms with Crippen molar-refractivity contribution in [1.82, 2.24) is 0 Å². The Hall–Kier alpha value is -1.96. The van der Waals surface area contributed by atoms with Gasteiger partial charge < -0.3 is 21.5 Å². The van der Waals surface area contributed by atoms with Crippen LogP contribution in [0.1, 0.15) is 12.0 Å². The molecule has 5 nitrogen and oxygen atoms in total. The molecule has 0 atom stereocenters. The molecule has 0 aliphatic heterocycles. The second-order valence-electron chi connectivity index (χ2n) is 3.69. The summed E-state index contributed by atoms with van der Waals surface area (Å²) in [4.78, 5) is 10.7. The normalized spacial score (nSPS) is 11.2. The zero-order valence-corrected chi connectivity index (χ0v) is 9.96. The van der Waals surface area contributed by atoms with Crippen molar-refractivity contribution in [1.29, 1.82) is 0 Å². The Balaban J connectivity index is 3.00. The zero-order valence-electron chi connectivity index (χ0n) is 9.96. The van der Waals surface area contributed by atoms with E-state index in [-0.39, 0.29) is 18.0 Å². The molecule has 8 heteroatoms. The molecule has 0 fully saturated rings. The number of primary amides is 1. The van der Waals surface area contributed by atoms with Gasteiger partial charge in [0, 0.05) is 0 Å². The lowest BCUT2D eigenvalue weighted by molar-refractivity contribution is -0.137. The number of amides is 2. The van der Waals surface area contributed by atoms with Crippen LogP contribution < -0.4 is 21.5 Å². The molecule has 0 aliphatic rings. The topological polar surface area (TPSA) is 90.4 Å². The van der Waals surface area contributed by atoms with E-state index < -0.39 is 17.8 Å². The molecule has 0 spiro atoms. The first-order chi connectivity index (χ1) is 8.84. The van der Waals surface area contributed by atoms with Crippen LogP contribution in [0.3, 0.4) is 0 Å².